The summed E-state index contributed by atoms with van der Waals surface area (Å²) in [6.07, 6.45) is 7.59. The van der Waals surface area contributed by atoms with Gasteiger partial charge in [-0.1, -0.05) is 26.2 Å². The van der Waals surface area contributed by atoms with Crippen molar-refractivity contribution < 1.29 is 9.53 Å². The van der Waals surface area contributed by atoms with Crippen LogP contribution < -0.4 is 11.1 Å². The highest BCUT2D eigenvalue weighted by atomic mass is 16.5. The number of hydrogen-bond acceptors (Lipinski definition) is 3. The van der Waals surface area contributed by atoms with Gasteiger partial charge in [0.25, 0.3) is 0 Å². The van der Waals surface area contributed by atoms with Gasteiger partial charge in [-0.05, 0) is 25.2 Å². The molecule has 4 nitrogen and oxygen atoms in total. The van der Waals surface area contributed by atoms with Gasteiger partial charge in [0, 0.05) is 19.7 Å². The van der Waals surface area contributed by atoms with Gasteiger partial charge < -0.3 is 15.8 Å². The third-order valence-electron chi connectivity index (χ3n) is 3.94. The molecule has 0 bridgehead atoms. The Morgan fingerprint density at radius 1 is 1.50 bits per heavy atom. The van der Waals surface area contributed by atoms with E-state index in [0.717, 1.165) is 6.42 Å². The van der Waals surface area contributed by atoms with Crippen molar-refractivity contribution in [1.82, 2.24) is 5.32 Å². The number of ether oxygens (including phenoxy) is 1. The molecule has 1 aliphatic carbocycles. The zero-order valence-electron chi connectivity index (χ0n) is 11.8. The maximum atomic E-state index is 11.9. The van der Waals surface area contributed by atoms with Gasteiger partial charge in [-0.3, -0.25) is 4.79 Å². The fraction of sp³-hybridized carbons (Fsp3) is 0.929. The van der Waals surface area contributed by atoms with E-state index >= 15 is 0 Å². The second kappa shape index (κ2) is 8.48. The highest BCUT2D eigenvalue weighted by Gasteiger charge is 2.28. The topological polar surface area (TPSA) is 64.4 Å². The summed E-state index contributed by atoms with van der Waals surface area (Å²) in [6.45, 7) is 2.61. The standard InChI is InChI=1S/C14H28N2O2/c1-3-4-6-11-7-5-8-13(11)16-14(17)9-12(10-15)18-2/h11-13H,3-10,15H2,1-2H3,(H,16,17). The molecule has 0 aliphatic heterocycles. The number of carbonyl (C=O) groups excluding carboxylic acids is 1. The summed E-state index contributed by atoms with van der Waals surface area (Å²) >= 11 is 0. The number of nitrogens with two attached hydrogens (primary N) is 1. The van der Waals surface area contributed by atoms with Crippen molar-refractivity contribution in [2.75, 3.05) is 13.7 Å². The first-order chi connectivity index (χ1) is 8.71. The number of unbranched alkanes of at least 4 members (excludes halogenated alkanes) is 1. The number of methoxy groups -OCH3 is 1. The lowest BCUT2D eigenvalue weighted by molar-refractivity contribution is -0.124. The van der Waals surface area contributed by atoms with Crippen LogP contribution in [0.1, 0.15) is 51.9 Å². The number of carbonyl (C=O) groups is 1. The summed E-state index contributed by atoms with van der Waals surface area (Å²) in [4.78, 5) is 11.9. The first-order valence-corrected chi connectivity index (χ1v) is 7.23. The van der Waals surface area contributed by atoms with Crippen LogP contribution in [-0.2, 0) is 9.53 Å². The second-order valence-electron chi connectivity index (χ2n) is 5.30. The number of rotatable bonds is 8. The van der Waals surface area contributed by atoms with Crippen LogP contribution in [0.15, 0.2) is 0 Å². The van der Waals surface area contributed by atoms with E-state index in [1.54, 1.807) is 7.11 Å². The van der Waals surface area contributed by atoms with E-state index in [1.807, 2.05) is 0 Å². The van der Waals surface area contributed by atoms with Crippen molar-refractivity contribution in [3.05, 3.63) is 0 Å². The predicted octanol–water partition coefficient (Wildman–Crippen LogP) is 1.83. The average Bonchev–Trinajstić information content (AvgIpc) is 2.80. The van der Waals surface area contributed by atoms with Crippen LogP contribution in [0.4, 0.5) is 0 Å². The summed E-state index contributed by atoms with van der Waals surface area (Å²) in [5, 5.41) is 3.16. The molecule has 0 aromatic rings. The Kier molecular flexibility index (Phi) is 7.28. The highest BCUT2D eigenvalue weighted by Crippen LogP contribution is 2.29. The molecule has 3 atom stereocenters. The number of amides is 1. The van der Waals surface area contributed by atoms with E-state index in [4.69, 9.17) is 10.5 Å². The molecule has 0 saturated heterocycles. The molecule has 0 radical (unpaired) electrons. The molecule has 4 heteroatoms. The fourth-order valence-corrected chi connectivity index (χ4v) is 2.77. The average molecular weight is 256 g/mol. The van der Waals surface area contributed by atoms with Gasteiger partial charge in [0.2, 0.25) is 5.91 Å². The van der Waals surface area contributed by atoms with Crippen molar-refractivity contribution in [2.24, 2.45) is 11.7 Å². The van der Waals surface area contributed by atoms with Crippen molar-refractivity contribution in [2.45, 2.75) is 64.0 Å². The highest BCUT2D eigenvalue weighted by molar-refractivity contribution is 5.76. The molecule has 0 aromatic heterocycles. The first kappa shape index (κ1) is 15.4. The van der Waals surface area contributed by atoms with Gasteiger partial charge in [-0.25, -0.2) is 0 Å². The van der Waals surface area contributed by atoms with Gasteiger partial charge in [0.05, 0.1) is 12.5 Å². The third-order valence-corrected chi connectivity index (χ3v) is 3.94. The smallest absolute Gasteiger partial charge is 0.222 e. The zero-order valence-corrected chi connectivity index (χ0v) is 11.8. The molecule has 1 aliphatic rings. The molecule has 1 saturated carbocycles. The molecule has 0 heterocycles. The maximum absolute atomic E-state index is 11.9. The Morgan fingerprint density at radius 3 is 2.89 bits per heavy atom. The largest absolute Gasteiger partial charge is 0.380 e. The Bertz CT molecular complexity index is 242. The Hall–Kier alpha value is -0.610. The summed E-state index contributed by atoms with van der Waals surface area (Å²) in [5.74, 6) is 0.758. The van der Waals surface area contributed by atoms with Crippen molar-refractivity contribution in [3.63, 3.8) is 0 Å². The SMILES string of the molecule is CCCCC1CCCC1NC(=O)CC(CN)OC. The lowest BCUT2D eigenvalue weighted by Gasteiger charge is -2.22. The minimum atomic E-state index is -0.152. The summed E-state index contributed by atoms with van der Waals surface area (Å²) in [5.41, 5.74) is 5.53. The molecule has 3 unspecified atom stereocenters. The van der Waals surface area contributed by atoms with Crippen LogP contribution in [0, 0.1) is 5.92 Å². The summed E-state index contributed by atoms with van der Waals surface area (Å²) < 4.78 is 5.14. The van der Waals surface area contributed by atoms with Crippen molar-refractivity contribution >= 4 is 5.91 Å². The van der Waals surface area contributed by atoms with E-state index in [-0.39, 0.29) is 12.0 Å². The van der Waals surface area contributed by atoms with Gasteiger partial charge in [0.15, 0.2) is 0 Å². The molecule has 1 rings (SSSR count). The Morgan fingerprint density at radius 2 is 2.28 bits per heavy atom. The molecule has 0 aromatic carbocycles. The van der Waals surface area contributed by atoms with E-state index in [2.05, 4.69) is 12.2 Å². The number of nitrogens with one attached hydrogen (secondary N) is 1. The zero-order chi connectivity index (χ0) is 13.4. The van der Waals surface area contributed by atoms with Crippen LogP contribution in [-0.4, -0.2) is 31.7 Å². The lowest BCUT2D eigenvalue weighted by Crippen LogP contribution is -2.40. The molecule has 106 valence electrons. The van der Waals surface area contributed by atoms with E-state index in [1.165, 1.54) is 32.1 Å². The second-order valence-corrected chi connectivity index (χ2v) is 5.30. The molecule has 3 N–H and O–H groups in total. The van der Waals surface area contributed by atoms with Crippen LogP contribution >= 0.6 is 0 Å². The van der Waals surface area contributed by atoms with Crippen molar-refractivity contribution in [3.8, 4) is 0 Å². The van der Waals surface area contributed by atoms with Crippen LogP contribution in [0.5, 0.6) is 0 Å². The quantitative estimate of drug-likeness (QED) is 0.696. The molecule has 0 spiro atoms. The number of hydrogen-bond donors (Lipinski definition) is 2. The molecule has 1 fully saturated rings. The Balaban J connectivity index is 2.33. The summed E-state index contributed by atoms with van der Waals surface area (Å²) in [7, 11) is 1.60. The van der Waals surface area contributed by atoms with E-state index < -0.39 is 0 Å². The molecule has 1 amide bonds. The summed E-state index contributed by atoms with van der Waals surface area (Å²) in [6, 6.07) is 0.374. The Labute approximate surface area is 111 Å². The fourth-order valence-electron chi connectivity index (χ4n) is 2.77. The van der Waals surface area contributed by atoms with Crippen LogP contribution in [0.25, 0.3) is 0 Å². The lowest BCUT2D eigenvalue weighted by atomic mass is 9.96. The normalized spacial score (nSPS) is 25.1. The van der Waals surface area contributed by atoms with E-state index in [9.17, 15) is 4.79 Å². The third kappa shape index (κ3) is 4.94. The van der Waals surface area contributed by atoms with Gasteiger partial charge >= 0.3 is 0 Å². The minimum absolute atomic E-state index is 0.0840. The van der Waals surface area contributed by atoms with Gasteiger partial charge in [-0.2, -0.15) is 0 Å². The monoisotopic (exact) mass is 256 g/mol. The molecular weight excluding hydrogens is 228 g/mol. The van der Waals surface area contributed by atoms with Crippen LogP contribution in [0.2, 0.25) is 0 Å². The minimum Gasteiger partial charge on any atom is -0.380 e. The maximum Gasteiger partial charge on any atom is 0.222 e. The first-order valence-electron chi connectivity index (χ1n) is 7.23. The predicted molar refractivity (Wildman–Crippen MR) is 73.3 cm³/mol. The van der Waals surface area contributed by atoms with E-state index in [0.29, 0.717) is 24.9 Å². The van der Waals surface area contributed by atoms with Crippen LogP contribution in [0.3, 0.4) is 0 Å². The molecular formula is C14H28N2O2. The van der Waals surface area contributed by atoms with Gasteiger partial charge in [-0.15, -0.1) is 0 Å². The van der Waals surface area contributed by atoms with Gasteiger partial charge in [0.1, 0.15) is 0 Å². The molecule has 18 heavy (non-hydrogen) atoms. The van der Waals surface area contributed by atoms with Crippen molar-refractivity contribution in [1.29, 1.82) is 0 Å².